The Labute approximate surface area is 133 Å². The second kappa shape index (κ2) is 7.01. The number of hydrogen-bond donors (Lipinski definition) is 0. The second-order valence-corrected chi connectivity index (χ2v) is 6.26. The van der Waals surface area contributed by atoms with Gasteiger partial charge in [0.2, 0.25) is 4.80 Å². The van der Waals surface area contributed by atoms with Gasteiger partial charge in [-0.2, -0.15) is 5.10 Å². The molecule has 0 saturated heterocycles. The third kappa shape index (κ3) is 3.35. The van der Waals surface area contributed by atoms with Crippen LogP contribution in [0.1, 0.15) is 39.0 Å². The van der Waals surface area contributed by atoms with Crippen LogP contribution in [-0.2, 0) is 0 Å². The molecule has 0 bridgehead atoms. The molecule has 2 aromatic rings. The van der Waals surface area contributed by atoms with Gasteiger partial charge >= 0.3 is 0 Å². The van der Waals surface area contributed by atoms with E-state index in [1.165, 1.54) is 37.1 Å². The smallest absolute Gasteiger partial charge is 0.206 e. The first-order valence-corrected chi connectivity index (χ1v) is 8.69. The van der Waals surface area contributed by atoms with Crippen LogP contribution in [0, 0.1) is 5.82 Å². The Balaban J connectivity index is 2.07. The lowest BCUT2D eigenvalue weighted by molar-refractivity contribution is 0.628. The zero-order valence-corrected chi connectivity index (χ0v) is 13.6. The number of rotatable bonds is 3. The molecule has 0 N–H and O–H groups in total. The Hall–Kier alpha value is -1.75. The molecule has 1 saturated carbocycles. The van der Waals surface area contributed by atoms with Gasteiger partial charge in [0, 0.05) is 23.2 Å². The van der Waals surface area contributed by atoms with Crippen molar-refractivity contribution in [2.45, 2.75) is 39.0 Å². The van der Waals surface area contributed by atoms with E-state index in [4.69, 9.17) is 5.10 Å². The summed E-state index contributed by atoms with van der Waals surface area (Å²) in [7, 11) is 0. The van der Waals surface area contributed by atoms with E-state index < -0.39 is 0 Å². The summed E-state index contributed by atoms with van der Waals surface area (Å²) in [6.07, 6.45) is 5.87. The SMILES string of the molecule is CCN=c1scc(-c2ccc(F)cc2)n1N=C1CCCCC1. The molecule has 116 valence electrons. The minimum absolute atomic E-state index is 0.220. The number of halogens is 1. The van der Waals surface area contributed by atoms with E-state index in [1.54, 1.807) is 23.5 Å². The molecule has 1 fully saturated rings. The summed E-state index contributed by atoms with van der Waals surface area (Å²) < 4.78 is 15.1. The van der Waals surface area contributed by atoms with Gasteiger partial charge in [0.1, 0.15) is 5.82 Å². The van der Waals surface area contributed by atoms with E-state index in [0.717, 1.165) is 35.4 Å². The summed E-state index contributed by atoms with van der Waals surface area (Å²) in [6, 6.07) is 6.57. The lowest BCUT2D eigenvalue weighted by atomic mass is 9.99. The van der Waals surface area contributed by atoms with Gasteiger partial charge in [-0.25, -0.2) is 9.07 Å². The fourth-order valence-corrected chi connectivity index (χ4v) is 3.56. The molecule has 22 heavy (non-hydrogen) atoms. The molecule has 1 aromatic heterocycles. The van der Waals surface area contributed by atoms with E-state index >= 15 is 0 Å². The lowest BCUT2D eigenvalue weighted by Crippen LogP contribution is -2.16. The molecular weight excluding hydrogens is 297 g/mol. The Morgan fingerprint density at radius 3 is 2.55 bits per heavy atom. The molecule has 0 amide bonds. The maximum Gasteiger partial charge on any atom is 0.206 e. The topological polar surface area (TPSA) is 29.6 Å². The number of thiazole rings is 1. The minimum atomic E-state index is -0.220. The van der Waals surface area contributed by atoms with Crippen LogP contribution >= 0.6 is 11.3 Å². The third-order valence-corrected chi connectivity index (χ3v) is 4.64. The standard InChI is InChI=1S/C17H20FN3S/c1-2-19-17-21(20-15-6-4-3-5-7-15)16(12-22-17)13-8-10-14(18)11-9-13/h8-12H,2-7H2,1H3. The van der Waals surface area contributed by atoms with Crippen molar-refractivity contribution in [3.63, 3.8) is 0 Å². The van der Waals surface area contributed by atoms with Crippen LogP contribution in [0.15, 0.2) is 39.7 Å². The molecule has 0 atom stereocenters. The van der Waals surface area contributed by atoms with Crippen LogP contribution in [0.5, 0.6) is 0 Å². The molecule has 1 heterocycles. The fourth-order valence-electron chi connectivity index (χ4n) is 2.66. The average Bonchev–Trinajstić information content (AvgIpc) is 2.92. The van der Waals surface area contributed by atoms with E-state index in [9.17, 15) is 4.39 Å². The highest BCUT2D eigenvalue weighted by molar-refractivity contribution is 7.07. The molecule has 1 aliphatic rings. The Morgan fingerprint density at radius 2 is 1.86 bits per heavy atom. The van der Waals surface area contributed by atoms with Crippen LogP contribution in [0.3, 0.4) is 0 Å². The molecule has 0 spiro atoms. The first-order valence-electron chi connectivity index (χ1n) is 7.81. The number of benzene rings is 1. The average molecular weight is 317 g/mol. The van der Waals surface area contributed by atoms with Crippen molar-refractivity contribution in [2.75, 3.05) is 6.54 Å². The minimum Gasteiger partial charge on any atom is -0.258 e. The summed E-state index contributed by atoms with van der Waals surface area (Å²) in [5.74, 6) is -0.220. The summed E-state index contributed by atoms with van der Waals surface area (Å²) in [5.41, 5.74) is 3.19. The maximum atomic E-state index is 13.2. The van der Waals surface area contributed by atoms with Crippen LogP contribution < -0.4 is 4.80 Å². The van der Waals surface area contributed by atoms with Gasteiger partial charge in [-0.1, -0.05) is 6.42 Å². The van der Waals surface area contributed by atoms with Crippen LogP contribution in [0.4, 0.5) is 4.39 Å². The van der Waals surface area contributed by atoms with Crippen molar-refractivity contribution >= 4 is 17.0 Å². The highest BCUT2D eigenvalue weighted by Gasteiger charge is 2.11. The van der Waals surface area contributed by atoms with Gasteiger partial charge in [0.25, 0.3) is 0 Å². The maximum absolute atomic E-state index is 13.2. The van der Waals surface area contributed by atoms with Crippen molar-refractivity contribution in [3.8, 4) is 11.3 Å². The Morgan fingerprint density at radius 1 is 1.14 bits per heavy atom. The quantitative estimate of drug-likeness (QED) is 0.801. The van der Waals surface area contributed by atoms with Crippen molar-refractivity contribution < 1.29 is 4.39 Å². The molecule has 0 aliphatic heterocycles. The first kappa shape index (κ1) is 15.2. The van der Waals surface area contributed by atoms with Crippen molar-refractivity contribution in [3.05, 3.63) is 40.3 Å². The van der Waals surface area contributed by atoms with E-state index in [-0.39, 0.29) is 5.82 Å². The van der Waals surface area contributed by atoms with Gasteiger partial charge < -0.3 is 0 Å². The highest BCUT2D eigenvalue weighted by atomic mass is 32.1. The Kier molecular flexibility index (Phi) is 4.83. The predicted molar refractivity (Wildman–Crippen MR) is 89.7 cm³/mol. The fraction of sp³-hybridized carbons (Fsp3) is 0.412. The predicted octanol–water partition coefficient (Wildman–Crippen LogP) is 4.44. The van der Waals surface area contributed by atoms with Crippen molar-refractivity contribution in [2.24, 2.45) is 10.1 Å². The summed E-state index contributed by atoms with van der Waals surface area (Å²) in [4.78, 5) is 5.44. The summed E-state index contributed by atoms with van der Waals surface area (Å²) >= 11 is 1.58. The van der Waals surface area contributed by atoms with E-state index in [1.807, 2.05) is 11.6 Å². The summed E-state index contributed by atoms with van der Waals surface area (Å²) in [6.45, 7) is 2.75. The lowest BCUT2D eigenvalue weighted by Gasteiger charge is -2.13. The van der Waals surface area contributed by atoms with Crippen LogP contribution in [0.25, 0.3) is 11.3 Å². The van der Waals surface area contributed by atoms with Gasteiger partial charge in [-0.3, -0.25) is 4.99 Å². The molecular formula is C17H20FN3S. The first-order chi connectivity index (χ1) is 10.8. The van der Waals surface area contributed by atoms with Gasteiger partial charge in [-0.05, 0) is 56.9 Å². The van der Waals surface area contributed by atoms with Crippen LogP contribution in [-0.4, -0.2) is 16.9 Å². The number of hydrogen-bond acceptors (Lipinski definition) is 3. The van der Waals surface area contributed by atoms with Crippen molar-refractivity contribution in [1.82, 2.24) is 4.68 Å². The molecule has 3 rings (SSSR count). The molecule has 3 nitrogen and oxygen atoms in total. The zero-order chi connectivity index (χ0) is 15.4. The zero-order valence-electron chi connectivity index (χ0n) is 12.8. The molecule has 0 radical (unpaired) electrons. The van der Waals surface area contributed by atoms with Crippen LogP contribution in [0.2, 0.25) is 0 Å². The molecule has 1 aliphatic carbocycles. The van der Waals surface area contributed by atoms with Gasteiger partial charge in [0.05, 0.1) is 5.69 Å². The van der Waals surface area contributed by atoms with Gasteiger partial charge in [0.15, 0.2) is 0 Å². The van der Waals surface area contributed by atoms with Gasteiger partial charge in [-0.15, -0.1) is 11.3 Å². The highest BCUT2D eigenvalue weighted by Crippen LogP contribution is 2.22. The van der Waals surface area contributed by atoms with E-state index in [0.29, 0.717) is 0 Å². The second-order valence-electron chi connectivity index (χ2n) is 5.42. The normalized spacial score (nSPS) is 16.1. The third-order valence-electron chi connectivity index (χ3n) is 3.79. The Bertz CT molecular complexity index is 717. The summed E-state index contributed by atoms with van der Waals surface area (Å²) in [5, 5.41) is 6.90. The number of aromatic nitrogens is 1. The number of nitrogens with zero attached hydrogens (tertiary/aromatic N) is 3. The van der Waals surface area contributed by atoms with E-state index in [2.05, 4.69) is 10.4 Å². The molecule has 1 aromatic carbocycles. The monoisotopic (exact) mass is 317 g/mol. The molecule has 5 heteroatoms. The molecule has 0 unspecified atom stereocenters. The van der Waals surface area contributed by atoms with Crippen molar-refractivity contribution in [1.29, 1.82) is 0 Å². The largest absolute Gasteiger partial charge is 0.258 e.